The molecule has 1 aliphatic carbocycles. The second kappa shape index (κ2) is 10.8. The fraction of sp³-hybridized carbons (Fsp3) is 0.897. The predicted octanol–water partition coefficient (Wildman–Crippen LogP) is 6.63. The van der Waals surface area contributed by atoms with Crippen molar-refractivity contribution in [3.63, 3.8) is 0 Å². The first-order valence-electron chi connectivity index (χ1n) is 13.8. The van der Waals surface area contributed by atoms with Gasteiger partial charge in [-0.05, 0) is 99.2 Å². The van der Waals surface area contributed by atoms with E-state index in [1.807, 2.05) is 39.8 Å². The number of hydroxylamine groups is 2. The summed E-state index contributed by atoms with van der Waals surface area (Å²) in [5.41, 5.74) is -0.730. The molecule has 2 fully saturated rings. The van der Waals surface area contributed by atoms with Crippen molar-refractivity contribution in [3.8, 4) is 0 Å². The van der Waals surface area contributed by atoms with Gasteiger partial charge in [-0.15, -0.1) is 0 Å². The molecule has 1 aliphatic heterocycles. The standard InChI is InChI=1S/C29H55NO5Si/c1-20(34-30-28(8,9)17-14-18-29(30,10)11)15-16-21-23(35-36(12,13)27(5,6)7)19-22(31)24(21)25(32)33-26(2,3)4/h15-16,20-24,31H,14,17-19H2,1-13H3/t20-,21+,22+,23-,24+/m1/s1. The van der Waals surface area contributed by atoms with Crippen LogP contribution in [0.1, 0.15) is 102 Å². The van der Waals surface area contributed by atoms with E-state index < -0.39 is 25.9 Å². The first kappa shape index (κ1) is 31.5. The van der Waals surface area contributed by atoms with Crippen LogP contribution in [-0.4, -0.2) is 59.4 Å². The van der Waals surface area contributed by atoms with Crippen LogP contribution in [0.2, 0.25) is 18.1 Å². The quantitative estimate of drug-likeness (QED) is 0.228. The highest BCUT2D eigenvalue weighted by Crippen LogP contribution is 2.44. The number of hydrogen-bond donors (Lipinski definition) is 1. The maximum atomic E-state index is 13.2. The molecule has 6 nitrogen and oxygen atoms in total. The molecule has 0 aromatic heterocycles. The average molecular weight is 526 g/mol. The summed E-state index contributed by atoms with van der Waals surface area (Å²) in [7, 11) is -2.12. The van der Waals surface area contributed by atoms with Gasteiger partial charge in [0, 0.05) is 17.0 Å². The number of esters is 1. The van der Waals surface area contributed by atoms with Gasteiger partial charge in [-0.25, -0.2) is 0 Å². The number of carbonyl (C=O) groups is 1. The SMILES string of the molecule is C[C@H](C=C[C@@H]1[C@H](C(=O)OC(C)(C)C)[C@@H](O)C[C@H]1O[Si](C)(C)C(C)(C)C)ON1C(C)(C)CCCC1(C)C. The molecule has 0 aromatic carbocycles. The second-order valence-electron chi connectivity index (χ2n) is 14.8. The van der Waals surface area contributed by atoms with Gasteiger partial charge < -0.3 is 14.3 Å². The molecule has 0 amide bonds. The first-order chi connectivity index (χ1) is 16.1. The van der Waals surface area contributed by atoms with E-state index in [0.29, 0.717) is 6.42 Å². The molecule has 0 spiro atoms. The van der Waals surface area contributed by atoms with Crippen molar-refractivity contribution in [2.24, 2.45) is 11.8 Å². The first-order valence-corrected chi connectivity index (χ1v) is 16.7. The van der Waals surface area contributed by atoms with Gasteiger partial charge in [-0.2, -0.15) is 5.06 Å². The summed E-state index contributed by atoms with van der Waals surface area (Å²) in [6.45, 7) is 27.6. The van der Waals surface area contributed by atoms with Crippen LogP contribution in [0.3, 0.4) is 0 Å². The van der Waals surface area contributed by atoms with Crippen LogP contribution in [-0.2, 0) is 18.8 Å². The zero-order chi connectivity index (χ0) is 27.9. The summed E-state index contributed by atoms with van der Waals surface area (Å²) in [5.74, 6) is -1.31. The molecule has 1 heterocycles. The smallest absolute Gasteiger partial charge is 0.312 e. The number of aliphatic hydroxyl groups excluding tert-OH is 1. The molecule has 0 unspecified atom stereocenters. The molecule has 0 bridgehead atoms. The monoisotopic (exact) mass is 525 g/mol. The summed E-state index contributed by atoms with van der Waals surface area (Å²) in [5, 5.41) is 13.2. The summed E-state index contributed by atoms with van der Waals surface area (Å²) in [6, 6.07) is 0. The second-order valence-corrected chi connectivity index (χ2v) is 19.6. The van der Waals surface area contributed by atoms with E-state index in [1.165, 1.54) is 6.42 Å². The van der Waals surface area contributed by atoms with Gasteiger partial charge in [0.25, 0.3) is 0 Å². The van der Waals surface area contributed by atoms with Gasteiger partial charge in [0.2, 0.25) is 0 Å². The number of nitrogens with zero attached hydrogens (tertiary/aromatic N) is 1. The van der Waals surface area contributed by atoms with Crippen molar-refractivity contribution in [2.45, 2.75) is 155 Å². The maximum absolute atomic E-state index is 13.2. The van der Waals surface area contributed by atoms with Crippen LogP contribution >= 0.6 is 0 Å². The largest absolute Gasteiger partial charge is 0.460 e. The summed E-state index contributed by atoms with van der Waals surface area (Å²) >= 11 is 0. The fourth-order valence-corrected chi connectivity index (χ4v) is 6.75. The minimum absolute atomic E-state index is 0.0258. The number of ether oxygens (including phenoxy) is 1. The number of hydrogen-bond acceptors (Lipinski definition) is 6. The lowest BCUT2D eigenvalue weighted by molar-refractivity contribution is -0.293. The van der Waals surface area contributed by atoms with Crippen molar-refractivity contribution >= 4 is 14.3 Å². The molecule has 2 aliphatic rings. The molecule has 5 atom stereocenters. The highest BCUT2D eigenvalue weighted by Gasteiger charge is 2.51. The van der Waals surface area contributed by atoms with Crippen LogP contribution in [0.25, 0.3) is 0 Å². The lowest BCUT2D eigenvalue weighted by atomic mass is 9.82. The van der Waals surface area contributed by atoms with Crippen molar-refractivity contribution in [1.82, 2.24) is 5.06 Å². The van der Waals surface area contributed by atoms with Crippen LogP contribution in [0, 0.1) is 11.8 Å². The molecule has 1 N–H and O–H groups in total. The van der Waals surface area contributed by atoms with Crippen LogP contribution < -0.4 is 0 Å². The van der Waals surface area contributed by atoms with Crippen molar-refractivity contribution in [3.05, 3.63) is 12.2 Å². The molecule has 7 heteroatoms. The van der Waals surface area contributed by atoms with E-state index in [1.54, 1.807) is 0 Å². The van der Waals surface area contributed by atoms with Gasteiger partial charge in [-0.3, -0.25) is 9.63 Å². The highest BCUT2D eigenvalue weighted by atomic mass is 28.4. The van der Waals surface area contributed by atoms with E-state index in [0.717, 1.165) is 12.8 Å². The van der Waals surface area contributed by atoms with Gasteiger partial charge in [0.1, 0.15) is 5.60 Å². The van der Waals surface area contributed by atoms with Gasteiger partial charge in [-0.1, -0.05) is 32.9 Å². The fourth-order valence-electron chi connectivity index (χ4n) is 5.39. The third kappa shape index (κ3) is 7.65. The van der Waals surface area contributed by atoms with E-state index in [-0.39, 0.29) is 40.2 Å². The van der Waals surface area contributed by atoms with Gasteiger partial charge >= 0.3 is 5.97 Å². The Bertz CT molecular complexity index is 776. The van der Waals surface area contributed by atoms with E-state index >= 15 is 0 Å². The molecule has 210 valence electrons. The third-order valence-corrected chi connectivity index (χ3v) is 12.7. The molecule has 0 radical (unpaired) electrons. The normalized spacial score (nSPS) is 30.5. The Balaban J connectivity index is 2.31. The lowest BCUT2D eigenvalue weighted by Gasteiger charge is -2.52. The van der Waals surface area contributed by atoms with Crippen molar-refractivity contribution in [1.29, 1.82) is 0 Å². The van der Waals surface area contributed by atoms with E-state index in [9.17, 15) is 9.90 Å². The Morgan fingerprint density at radius 3 is 2.06 bits per heavy atom. The number of aliphatic hydroxyl groups is 1. The van der Waals surface area contributed by atoms with Crippen LogP contribution in [0.5, 0.6) is 0 Å². The summed E-state index contributed by atoms with van der Waals surface area (Å²) < 4.78 is 12.5. The predicted molar refractivity (Wildman–Crippen MR) is 149 cm³/mol. The Kier molecular flexibility index (Phi) is 9.44. The molecule has 2 rings (SSSR count). The van der Waals surface area contributed by atoms with Crippen LogP contribution in [0.4, 0.5) is 0 Å². The topological polar surface area (TPSA) is 68.2 Å². The molecule has 0 aromatic rings. The summed E-state index contributed by atoms with van der Waals surface area (Å²) in [6.07, 6.45) is 6.62. The Morgan fingerprint density at radius 2 is 1.58 bits per heavy atom. The van der Waals surface area contributed by atoms with Crippen molar-refractivity contribution in [2.75, 3.05) is 0 Å². The zero-order valence-electron chi connectivity index (χ0n) is 25.4. The molecular formula is C29H55NO5Si. The summed E-state index contributed by atoms with van der Waals surface area (Å²) in [4.78, 5) is 19.7. The molecule has 36 heavy (non-hydrogen) atoms. The van der Waals surface area contributed by atoms with Gasteiger partial charge in [0.15, 0.2) is 8.32 Å². The Morgan fingerprint density at radius 1 is 1.06 bits per heavy atom. The Labute approximate surface area is 222 Å². The third-order valence-electron chi connectivity index (χ3n) is 8.22. The Hall–Kier alpha value is -0.733. The number of piperidine rings is 1. The molecule has 1 saturated heterocycles. The molecular weight excluding hydrogens is 470 g/mol. The van der Waals surface area contributed by atoms with Crippen LogP contribution in [0.15, 0.2) is 12.2 Å². The van der Waals surface area contributed by atoms with Gasteiger partial charge in [0.05, 0.1) is 24.2 Å². The number of carbonyl (C=O) groups excluding carboxylic acids is 1. The van der Waals surface area contributed by atoms with E-state index in [2.05, 4.69) is 66.6 Å². The maximum Gasteiger partial charge on any atom is 0.312 e. The highest BCUT2D eigenvalue weighted by molar-refractivity contribution is 6.74. The van der Waals surface area contributed by atoms with Crippen molar-refractivity contribution < 1.29 is 23.9 Å². The molecule has 1 saturated carbocycles. The van der Waals surface area contributed by atoms with E-state index in [4.69, 9.17) is 14.0 Å². The zero-order valence-corrected chi connectivity index (χ0v) is 26.4. The minimum atomic E-state index is -2.12. The number of rotatable bonds is 7. The lowest BCUT2D eigenvalue weighted by Crippen LogP contribution is -2.59. The average Bonchev–Trinajstić information content (AvgIpc) is 2.94. The minimum Gasteiger partial charge on any atom is -0.460 e.